The summed E-state index contributed by atoms with van der Waals surface area (Å²) >= 11 is 0. The minimum absolute atomic E-state index is 0.0336. The Hall–Kier alpha value is -3.56. The molecule has 2 aliphatic rings. The highest BCUT2D eigenvalue weighted by atomic mass is 16.7. The third-order valence-corrected chi connectivity index (χ3v) is 7.27. The first-order chi connectivity index (χ1) is 17.3. The SMILES string of the molecule is CC[C@H](C)[C@@H](NC(=O)c1cn(CC)c2cc3c(cc2c1=O)OCO3)C(=O)N1CCC(C(=O)OC)CC1. The molecule has 0 saturated carbocycles. The Bertz CT molecular complexity index is 1230. The highest BCUT2D eigenvalue weighted by Crippen LogP contribution is 2.35. The average molecular weight is 500 g/mol. The second-order valence-electron chi connectivity index (χ2n) is 9.34. The van der Waals surface area contributed by atoms with E-state index in [1.54, 1.807) is 17.0 Å². The first kappa shape index (κ1) is 25.5. The summed E-state index contributed by atoms with van der Waals surface area (Å²) in [6.07, 6.45) is 3.22. The summed E-state index contributed by atoms with van der Waals surface area (Å²) in [5.41, 5.74) is 0.180. The van der Waals surface area contributed by atoms with Crippen molar-refractivity contribution in [1.82, 2.24) is 14.8 Å². The Labute approximate surface area is 209 Å². The molecule has 0 radical (unpaired) electrons. The first-order valence-corrected chi connectivity index (χ1v) is 12.4. The minimum atomic E-state index is -0.792. The van der Waals surface area contributed by atoms with Crippen molar-refractivity contribution >= 4 is 28.7 Å². The number of carbonyl (C=O) groups excluding carboxylic acids is 3. The molecular weight excluding hydrogens is 466 g/mol. The zero-order valence-electron chi connectivity index (χ0n) is 21.2. The van der Waals surface area contributed by atoms with Crippen LogP contribution in [0.25, 0.3) is 10.9 Å². The lowest BCUT2D eigenvalue weighted by atomic mass is 9.93. The number of aryl methyl sites for hydroxylation is 1. The van der Waals surface area contributed by atoms with Gasteiger partial charge in [-0.15, -0.1) is 0 Å². The number of esters is 1. The molecule has 2 atom stereocenters. The number of benzene rings is 1. The predicted molar refractivity (Wildman–Crippen MR) is 132 cm³/mol. The molecule has 1 saturated heterocycles. The molecule has 2 aliphatic heterocycles. The number of fused-ring (bicyclic) bond motifs is 2. The number of hydrogen-bond donors (Lipinski definition) is 1. The number of hydrogen-bond acceptors (Lipinski definition) is 7. The third-order valence-electron chi connectivity index (χ3n) is 7.27. The topological polar surface area (TPSA) is 116 Å². The molecule has 36 heavy (non-hydrogen) atoms. The smallest absolute Gasteiger partial charge is 0.308 e. The van der Waals surface area contributed by atoms with E-state index in [9.17, 15) is 19.2 Å². The van der Waals surface area contributed by atoms with Crippen LogP contribution in [0.4, 0.5) is 0 Å². The van der Waals surface area contributed by atoms with E-state index in [1.807, 2.05) is 25.3 Å². The van der Waals surface area contributed by atoms with Crippen LogP contribution in [0.5, 0.6) is 11.5 Å². The molecule has 0 bridgehead atoms. The lowest BCUT2D eigenvalue weighted by molar-refractivity contribution is -0.149. The van der Waals surface area contributed by atoms with Crippen LogP contribution >= 0.6 is 0 Å². The number of nitrogens with zero attached hydrogens (tertiary/aromatic N) is 2. The fourth-order valence-electron chi connectivity index (χ4n) is 4.80. The van der Waals surface area contributed by atoms with Crippen LogP contribution in [0.3, 0.4) is 0 Å². The van der Waals surface area contributed by atoms with Crippen molar-refractivity contribution in [2.75, 3.05) is 27.0 Å². The average Bonchev–Trinajstić information content (AvgIpc) is 3.37. The van der Waals surface area contributed by atoms with Gasteiger partial charge >= 0.3 is 5.97 Å². The summed E-state index contributed by atoms with van der Waals surface area (Å²) in [5.74, 6) is -0.424. The molecule has 3 heterocycles. The van der Waals surface area contributed by atoms with Crippen LogP contribution in [-0.4, -0.2) is 60.3 Å². The zero-order chi connectivity index (χ0) is 26.0. The largest absolute Gasteiger partial charge is 0.469 e. The van der Waals surface area contributed by atoms with Gasteiger partial charge in [0.15, 0.2) is 11.5 Å². The van der Waals surface area contributed by atoms with Crippen molar-refractivity contribution in [2.45, 2.75) is 52.6 Å². The lowest BCUT2D eigenvalue weighted by Crippen LogP contribution is -2.54. The minimum Gasteiger partial charge on any atom is -0.469 e. The molecule has 10 heteroatoms. The second-order valence-corrected chi connectivity index (χ2v) is 9.34. The summed E-state index contributed by atoms with van der Waals surface area (Å²) < 4.78 is 17.5. The van der Waals surface area contributed by atoms with E-state index in [4.69, 9.17) is 14.2 Å². The molecule has 1 aromatic carbocycles. The van der Waals surface area contributed by atoms with Crippen molar-refractivity contribution in [3.63, 3.8) is 0 Å². The summed E-state index contributed by atoms with van der Waals surface area (Å²) in [6, 6.07) is 2.55. The molecule has 194 valence electrons. The van der Waals surface area contributed by atoms with Crippen molar-refractivity contribution in [2.24, 2.45) is 11.8 Å². The monoisotopic (exact) mass is 499 g/mol. The standard InChI is InChI=1S/C26H33N3O7/c1-5-15(3)22(25(32)29-9-7-16(8-10-29)26(33)34-4)27-24(31)18-13-28(6-2)19-12-21-20(35-14-36-21)11-17(19)23(18)30/h11-13,15-16,22H,5-10,14H2,1-4H3,(H,27,31)/t15-,22+/m0/s1. The van der Waals surface area contributed by atoms with E-state index in [1.165, 1.54) is 13.3 Å². The quantitative estimate of drug-likeness (QED) is 0.581. The number of amides is 2. The highest BCUT2D eigenvalue weighted by Gasteiger charge is 2.34. The van der Waals surface area contributed by atoms with Crippen LogP contribution in [0.1, 0.15) is 50.4 Å². The van der Waals surface area contributed by atoms with Crippen LogP contribution in [0, 0.1) is 11.8 Å². The van der Waals surface area contributed by atoms with Gasteiger partial charge in [0.1, 0.15) is 11.6 Å². The van der Waals surface area contributed by atoms with Gasteiger partial charge in [0.05, 0.1) is 23.9 Å². The number of carbonyl (C=O) groups is 3. The van der Waals surface area contributed by atoms with E-state index in [2.05, 4.69) is 5.32 Å². The third kappa shape index (κ3) is 4.76. The normalized spacial score (nSPS) is 17.1. The number of ether oxygens (including phenoxy) is 3. The Morgan fingerprint density at radius 2 is 1.81 bits per heavy atom. The molecular formula is C26H33N3O7. The molecule has 2 amide bonds. The molecule has 1 fully saturated rings. The first-order valence-electron chi connectivity index (χ1n) is 12.4. The van der Waals surface area contributed by atoms with E-state index >= 15 is 0 Å². The van der Waals surface area contributed by atoms with Gasteiger partial charge in [-0.2, -0.15) is 0 Å². The summed E-state index contributed by atoms with van der Waals surface area (Å²) in [7, 11) is 1.36. The maximum absolute atomic E-state index is 13.4. The van der Waals surface area contributed by atoms with Crippen molar-refractivity contribution < 1.29 is 28.6 Å². The number of methoxy groups -OCH3 is 1. The number of aromatic nitrogens is 1. The Morgan fingerprint density at radius 1 is 1.14 bits per heavy atom. The van der Waals surface area contributed by atoms with Crippen molar-refractivity contribution in [3.8, 4) is 11.5 Å². The molecule has 0 aliphatic carbocycles. The van der Waals surface area contributed by atoms with Crippen LogP contribution in [0.2, 0.25) is 0 Å². The van der Waals surface area contributed by atoms with Gasteiger partial charge in [-0.3, -0.25) is 19.2 Å². The van der Waals surface area contributed by atoms with Gasteiger partial charge < -0.3 is 29.0 Å². The van der Waals surface area contributed by atoms with Gasteiger partial charge in [-0.05, 0) is 31.7 Å². The van der Waals surface area contributed by atoms with Crippen molar-refractivity contribution in [1.29, 1.82) is 0 Å². The van der Waals surface area contributed by atoms with E-state index in [0.29, 0.717) is 61.3 Å². The Kier molecular flexibility index (Phi) is 7.51. The van der Waals surface area contributed by atoms with Crippen LogP contribution in [-0.2, 0) is 20.9 Å². The summed E-state index contributed by atoms with van der Waals surface area (Å²) in [5, 5.41) is 3.20. The van der Waals surface area contributed by atoms with Crippen molar-refractivity contribution in [3.05, 3.63) is 34.1 Å². The number of rotatable bonds is 7. The van der Waals surface area contributed by atoms with E-state index in [0.717, 1.165) is 0 Å². The summed E-state index contributed by atoms with van der Waals surface area (Å²) in [4.78, 5) is 53.7. The number of nitrogens with one attached hydrogen (secondary N) is 1. The molecule has 4 rings (SSSR count). The summed E-state index contributed by atoms with van der Waals surface area (Å²) in [6.45, 7) is 7.19. The highest BCUT2D eigenvalue weighted by molar-refractivity contribution is 6.00. The van der Waals surface area contributed by atoms with Gasteiger partial charge in [0, 0.05) is 31.9 Å². The zero-order valence-corrected chi connectivity index (χ0v) is 21.2. The van der Waals surface area contributed by atoms with Gasteiger partial charge in [0.25, 0.3) is 5.91 Å². The van der Waals surface area contributed by atoms with Crippen LogP contribution < -0.4 is 20.2 Å². The maximum Gasteiger partial charge on any atom is 0.308 e. The Balaban J connectivity index is 1.59. The molecule has 10 nitrogen and oxygen atoms in total. The van der Waals surface area contributed by atoms with Gasteiger partial charge in [-0.25, -0.2) is 0 Å². The lowest BCUT2D eigenvalue weighted by Gasteiger charge is -2.35. The molecule has 0 unspecified atom stereocenters. The molecule has 1 N–H and O–H groups in total. The Morgan fingerprint density at radius 3 is 2.42 bits per heavy atom. The van der Waals surface area contributed by atoms with Gasteiger partial charge in [-0.1, -0.05) is 20.3 Å². The van der Waals surface area contributed by atoms with Crippen LogP contribution in [0.15, 0.2) is 23.1 Å². The molecule has 1 aromatic heterocycles. The predicted octanol–water partition coefficient (Wildman–Crippen LogP) is 2.31. The number of piperidine rings is 1. The maximum atomic E-state index is 13.4. The van der Waals surface area contributed by atoms with Gasteiger partial charge in [0.2, 0.25) is 18.1 Å². The molecule has 0 spiro atoms. The van der Waals surface area contributed by atoms with E-state index < -0.39 is 17.4 Å². The number of likely N-dealkylation sites (tertiary alicyclic amines) is 1. The fourth-order valence-corrected chi connectivity index (χ4v) is 4.80. The number of pyridine rings is 1. The molecule has 2 aromatic rings. The second kappa shape index (κ2) is 10.6. The van der Waals surface area contributed by atoms with E-state index in [-0.39, 0.29) is 36.1 Å². The fraction of sp³-hybridized carbons (Fsp3) is 0.538.